The molecule has 2 atom stereocenters. The fraction of sp³-hybridized carbons (Fsp3) is 0.909. The van der Waals surface area contributed by atoms with Gasteiger partial charge in [-0.2, -0.15) is 0 Å². The lowest BCUT2D eigenvalue weighted by Crippen LogP contribution is -2.38. The zero-order valence-electron chi connectivity index (χ0n) is 8.57. The summed E-state index contributed by atoms with van der Waals surface area (Å²) in [6.45, 7) is 9.13. The Morgan fingerprint density at radius 2 is 1.83 bits per heavy atom. The third-order valence-electron chi connectivity index (χ3n) is 4.30. The molecule has 2 rings (SSSR count). The van der Waals surface area contributed by atoms with Gasteiger partial charge in [-0.15, -0.1) is 0 Å². The van der Waals surface area contributed by atoms with Crippen molar-refractivity contribution in [3.63, 3.8) is 0 Å². The molecule has 0 aromatic heterocycles. The molecule has 0 heterocycles. The van der Waals surface area contributed by atoms with E-state index in [1.54, 1.807) is 0 Å². The Morgan fingerprint density at radius 1 is 1.25 bits per heavy atom. The van der Waals surface area contributed by atoms with Crippen LogP contribution in [0.2, 0.25) is 0 Å². The van der Waals surface area contributed by atoms with Crippen LogP contribution in [0.5, 0.6) is 0 Å². The summed E-state index contributed by atoms with van der Waals surface area (Å²) in [6, 6.07) is 0. The van der Waals surface area contributed by atoms with Gasteiger partial charge in [-0.3, -0.25) is 0 Å². The van der Waals surface area contributed by atoms with Crippen LogP contribution in [0.3, 0.4) is 0 Å². The first-order chi connectivity index (χ1) is 5.36. The molecule has 0 aromatic rings. The molecule has 2 bridgehead atoms. The van der Waals surface area contributed by atoms with Crippen molar-refractivity contribution in [3.05, 3.63) is 0 Å². The molecular weight excluding hydrogens is 146 g/mol. The van der Waals surface area contributed by atoms with Crippen LogP contribution in [0.25, 0.3) is 0 Å². The highest BCUT2D eigenvalue weighted by molar-refractivity contribution is 5.93. The molecular formula is C11H19N. The normalized spacial score (nSPS) is 42.2. The predicted octanol–water partition coefficient (Wildman–Crippen LogP) is 3.10. The van der Waals surface area contributed by atoms with Gasteiger partial charge in [0.1, 0.15) is 0 Å². The van der Waals surface area contributed by atoms with Crippen LogP contribution in [0.4, 0.5) is 0 Å². The molecule has 0 aliphatic heterocycles. The van der Waals surface area contributed by atoms with E-state index >= 15 is 0 Å². The zero-order chi connectivity index (χ0) is 9.15. The second kappa shape index (κ2) is 1.94. The highest BCUT2D eigenvalue weighted by Gasteiger charge is 2.57. The van der Waals surface area contributed by atoms with Crippen LogP contribution in [0.1, 0.15) is 40.5 Å². The first-order valence-electron chi connectivity index (χ1n) is 4.94. The van der Waals surface area contributed by atoms with Crippen molar-refractivity contribution in [1.29, 1.82) is 5.41 Å². The topological polar surface area (TPSA) is 23.9 Å². The molecule has 1 nitrogen and oxygen atoms in total. The Kier molecular flexibility index (Phi) is 1.34. The van der Waals surface area contributed by atoms with Crippen molar-refractivity contribution < 1.29 is 0 Å². The van der Waals surface area contributed by atoms with Crippen molar-refractivity contribution >= 4 is 5.71 Å². The number of fused-ring (bicyclic) bond motifs is 2. The lowest BCUT2D eigenvalue weighted by atomic mass is 9.66. The molecule has 0 aromatic carbocycles. The summed E-state index contributed by atoms with van der Waals surface area (Å²) in [5, 5.41) is 8.09. The summed E-state index contributed by atoms with van der Waals surface area (Å²) < 4.78 is 0. The Bertz CT molecular complexity index is 237. The van der Waals surface area contributed by atoms with Crippen LogP contribution < -0.4 is 0 Å². The number of hydrogen-bond donors (Lipinski definition) is 1. The molecule has 12 heavy (non-hydrogen) atoms. The van der Waals surface area contributed by atoms with E-state index in [0.29, 0.717) is 11.3 Å². The molecule has 2 fully saturated rings. The van der Waals surface area contributed by atoms with E-state index in [1.807, 2.05) is 0 Å². The molecule has 0 radical (unpaired) electrons. The third-order valence-corrected chi connectivity index (χ3v) is 4.30. The van der Waals surface area contributed by atoms with Gasteiger partial charge in [-0.1, -0.05) is 27.7 Å². The second-order valence-corrected chi connectivity index (χ2v) is 5.81. The molecule has 0 saturated heterocycles. The highest BCUT2D eigenvalue weighted by atomic mass is 14.7. The van der Waals surface area contributed by atoms with E-state index in [1.165, 1.54) is 12.8 Å². The van der Waals surface area contributed by atoms with E-state index < -0.39 is 0 Å². The Balaban J connectivity index is 2.36. The van der Waals surface area contributed by atoms with Crippen LogP contribution in [0.15, 0.2) is 0 Å². The van der Waals surface area contributed by atoms with Crippen LogP contribution in [0, 0.1) is 28.1 Å². The molecule has 0 amide bonds. The average molecular weight is 165 g/mol. The first-order valence-corrected chi connectivity index (χ1v) is 4.94. The van der Waals surface area contributed by atoms with Gasteiger partial charge in [0, 0.05) is 17.0 Å². The Hall–Kier alpha value is -0.330. The summed E-state index contributed by atoms with van der Waals surface area (Å²) >= 11 is 0. The smallest absolute Gasteiger partial charge is 0.0184 e. The summed E-state index contributed by atoms with van der Waals surface area (Å²) in [5.74, 6) is 1.36. The van der Waals surface area contributed by atoms with Crippen LogP contribution in [-0.4, -0.2) is 5.71 Å². The summed E-state index contributed by atoms with van der Waals surface area (Å²) in [5.41, 5.74) is 1.64. The van der Waals surface area contributed by atoms with Crippen molar-refractivity contribution in [2.45, 2.75) is 40.5 Å². The average Bonchev–Trinajstić information content (AvgIpc) is 2.31. The van der Waals surface area contributed by atoms with Gasteiger partial charge >= 0.3 is 0 Å². The van der Waals surface area contributed by atoms with Gasteiger partial charge in [0.25, 0.3) is 0 Å². The molecule has 2 unspecified atom stereocenters. The molecule has 1 heteroatoms. The van der Waals surface area contributed by atoms with Gasteiger partial charge in [0.05, 0.1) is 0 Å². The zero-order valence-corrected chi connectivity index (χ0v) is 8.57. The fourth-order valence-corrected chi connectivity index (χ4v) is 3.19. The highest BCUT2D eigenvalue weighted by Crippen LogP contribution is 2.60. The quantitative estimate of drug-likeness (QED) is 0.570. The van der Waals surface area contributed by atoms with Crippen LogP contribution in [-0.2, 0) is 0 Å². The Morgan fingerprint density at radius 3 is 2.17 bits per heavy atom. The maximum atomic E-state index is 8.09. The SMILES string of the molecule is CC1(C)CC2CC1C(=N)C2(C)C. The monoisotopic (exact) mass is 165 g/mol. The lowest BCUT2D eigenvalue weighted by Gasteiger charge is -2.39. The minimum atomic E-state index is 0.209. The molecule has 68 valence electrons. The summed E-state index contributed by atoms with van der Waals surface area (Å²) in [6.07, 6.45) is 2.60. The molecule has 0 spiro atoms. The van der Waals surface area contributed by atoms with E-state index in [0.717, 1.165) is 11.6 Å². The second-order valence-electron chi connectivity index (χ2n) is 5.81. The van der Waals surface area contributed by atoms with Crippen molar-refractivity contribution in [2.75, 3.05) is 0 Å². The Labute approximate surface area is 75.1 Å². The standard InChI is InChI=1S/C11H19N/c1-10(2)6-7-5-8(10)9(12)11(7,3)4/h7-8,12H,5-6H2,1-4H3. The fourth-order valence-electron chi connectivity index (χ4n) is 3.19. The molecule has 2 aliphatic carbocycles. The van der Waals surface area contributed by atoms with Gasteiger partial charge in [0.2, 0.25) is 0 Å². The number of nitrogens with one attached hydrogen (secondary N) is 1. The first kappa shape index (κ1) is 8.28. The van der Waals surface area contributed by atoms with Crippen LogP contribution >= 0.6 is 0 Å². The van der Waals surface area contributed by atoms with Crippen molar-refractivity contribution in [2.24, 2.45) is 22.7 Å². The van der Waals surface area contributed by atoms with Crippen molar-refractivity contribution in [1.82, 2.24) is 0 Å². The minimum absolute atomic E-state index is 0.209. The maximum absolute atomic E-state index is 8.09. The number of hydrogen-bond acceptors (Lipinski definition) is 1. The van der Waals surface area contributed by atoms with E-state index in [2.05, 4.69) is 27.7 Å². The largest absolute Gasteiger partial charge is 0.309 e. The molecule has 1 N–H and O–H groups in total. The van der Waals surface area contributed by atoms with Crippen molar-refractivity contribution in [3.8, 4) is 0 Å². The van der Waals surface area contributed by atoms with E-state index in [9.17, 15) is 0 Å². The van der Waals surface area contributed by atoms with Gasteiger partial charge in [-0.05, 0) is 24.2 Å². The van der Waals surface area contributed by atoms with E-state index in [4.69, 9.17) is 5.41 Å². The van der Waals surface area contributed by atoms with Gasteiger partial charge in [0.15, 0.2) is 0 Å². The van der Waals surface area contributed by atoms with E-state index in [-0.39, 0.29) is 5.41 Å². The molecule has 2 saturated carbocycles. The maximum Gasteiger partial charge on any atom is 0.0184 e. The molecule has 2 aliphatic rings. The lowest BCUT2D eigenvalue weighted by molar-refractivity contribution is 0.232. The number of rotatable bonds is 0. The minimum Gasteiger partial charge on any atom is -0.309 e. The third kappa shape index (κ3) is 0.773. The predicted molar refractivity (Wildman–Crippen MR) is 51.5 cm³/mol. The van der Waals surface area contributed by atoms with Gasteiger partial charge in [-0.25, -0.2) is 0 Å². The summed E-state index contributed by atoms with van der Waals surface area (Å²) in [4.78, 5) is 0. The summed E-state index contributed by atoms with van der Waals surface area (Å²) in [7, 11) is 0. The van der Waals surface area contributed by atoms with Gasteiger partial charge < -0.3 is 5.41 Å².